The van der Waals surface area contributed by atoms with Crippen molar-refractivity contribution in [2.24, 2.45) is 0 Å². The lowest BCUT2D eigenvalue weighted by Gasteiger charge is -2.32. The molecule has 6 nitrogen and oxygen atoms in total. The van der Waals surface area contributed by atoms with Gasteiger partial charge in [-0.3, -0.25) is 4.79 Å². The molecule has 7 heteroatoms. The van der Waals surface area contributed by atoms with E-state index in [9.17, 15) is 9.18 Å². The number of likely N-dealkylation sites (tertiary alicyclic amines) is 1. The van der Waals surface area contributed by atoms with Gasteiger partial charge in [-0.15, -0.1) is 0 Å². The highest BCUT2D eigenvalue weighted by molar-refractivity contribution is 5.94. The van der Waals surface area contributed by atoms with E-state index in [0.717, 1.165) is 31.0 Å². The van der Waals surface area contributed by atoms with Gasteiger partial charge < -0.3 is 14.4 Å². The van der Waals surface area contributed by atoms with Gasteiger partial charge in [0.25, 0.3) is 5.91 Å². The smallest absolute Gasteiger partial charge is 0.316 e. The number of aromatic nitrogens is 2. The summed E-state index contributed by atoms with van der Waals surface area (Å²) in [7, 11) is 0. The Hall–Kier alpha value is -2.70. The highest BCUT2D eigenvalue weighted by atomic mass is 19.1. The molecule has 1 atom stereocenters. The molecule has 1 aromatic heterocycles. The van der Waals surface area contributed by atoms with Crippen molar-refractivity contribution in [3.05, 3.63) is 48.0 Å². The van der Waals surface area contributed by atoms with Crippen molar-refractivity contribution >= 4 is 5.91 Å². The van der Waals surface area contributed by atoms with Crippen LogP contribution in [0.5, 0.6) is 11.8 Å². The van der Waals surface area contributed by atoms with Crippen LogP contribution in [0.1, 0.15) is 30.1 Å². The molecule has 132 valence electrons. The predicted molar refractivity (Wildman–Crippen MR) is 89.2 cm³/mol. The molecule has 0 saturated carbocycles. The van der Waals surface area contributed by atoms with E-state index in [1.807, 2.05) is 6.92 Å². The Kier molecular flexibility index (Phi) is 5.42. The van der Waals surface area contributed by atoms with Gasteiger partial charge in [0.05, 0.1) is 25.5 Å². The molecule has 0 bridgehead atoms. The van der Waals surface area contributed by atoms with Crippen LogP contribution in [0.2, 0.25) is 0 Å². The van der Waals surface area contributed by atoms with Crippen molar-refractivity contribution in [1.29, 1.82) is 0 Å². The summed E-state index contributed by atoms with van der Waals surface area (Å²) >= 11 is 0. The van der Waals surface area contributed by atoms with Crippen molar-refractivity contribution in [2.75, 3.05) is 19.7 Å². The van der Waals surface area contributed by atoms with Gasteiger partial charge in [0.1, 0.15) is 11.9 Å². The van der Waals surface area contributed by atoms with Gasteiger partial charge in [-0.2, -0.15) is 0 Å². The Bertz CT molecular complexity index is 707. The minimum Gasteiger partial charge on any atom is -0.494 e. The molecule has 1 aliphatic rings. The second kappa shape index (κ2) is 7.92. The third-order valence-corrected chi connectivity index (χ3v) is 3.95. The van der Waals surface area contributed by atoms with E-state index in [-0.39, 0.29) is 18.0 Å². The van der Waals surface area contributed by atoms with Crippen LogP contribution in [-0.2, 0) is 0 Å². The highest BCUT2D eigenvalue weighted by Crippen LogP contribution is 2.19. The fourth-order valence-electron chi connectivity index (χ4n) is 2.77. The molecule has 1 amide bonds. The number of piperidine rings is 1. The number of rotatable bonds is 5. The summed E-state index contributed by atoms with van der Waals surface area (Å²) in [4.78, 5) is 22.0. The monoisotopic (exact) mass is 345 g/mol. The van der Waals surface area contributed by atoms with Crippen LogP contribution in [0.15, 0.2) is 36.7 Å². The van der Waals surface area contributed by atoms with E-state index >= 15 is 0 Å². The summed E-state index contributed by atoms with van der Waals surface area (Å²) in [5.41, 5.74) is 0.613. The average molecular weight is 345 g/mol. The normalized spacial score (nSPS) is 17.2. The molecule has 2 aromatic rings. The Morgan fingerprint density at radius 1 is 1.28 bits per heavy atom. The number of carbonyl (C=O) groups excluding carboxylic acids is 1. The summed E-state index contributed by atoms with van der Waals surface area (Å²) in [6.45, 7) is 3.63. The fraction of sp³-hybridized carbons (Fsp3) is 0.389. The molecule has 1 saturated heterocycles. The number of carbonyl (C=O) groups is 1. The molecule has 0 aliphatic carbocycles. The highest BCUT2D eigenvalue weighted by Gasteiger charge is 2.26. The molecule has 0 spiro atoms. The average Bonchev–Trinajstić information content (AvgIpc) is 2.64. The standard InChI is InChI=1S/C18H20FN3O3/c1-2-24-15-7-5-13(6-8-15)17(23)22-9-3-4-16(12-22)25-18-20-10-14(19)11-21-18/h5-8,10-11,16H,2-4,9,12H2,1H3. The molecule has 1 aromatic carbocycles. The molecule has 1 unspecified atom stereocenters. The van der Waals surface area contributed by atoms with Gasteiger partial charge >= 0.3 is 6.01 Å². The maximum atomic E-state index is 12.9. The summed E-state index contributed by atoms with van der Waals surface area (Å²) in [6, 6.07) is 7.24. The lowest BCUT2D eigenvalue weighted by molar-refractivity contribution is 0.0515. The zero-order valence-electron chi connectivity index (χ0n) is 14.0. The Labute approximate surface area is 145 Å². The van der Waals surface area contributed by atoms with Gasteiger partial charge in [0, 0.05) is 12.1 Å². The van der Waals surface area contributed by atoms with Gasteiger partial charge in [-0.25, -0.2) is 14.4 Å². The largest absolute Gasteiger partial charge is 0.494 e. The van der Waals surface area contributed by atoms with Crippen molar-refractivity contribution in [3.63, 3.8) is 0 Å². The summed E-state index contributed by atoms with van der Waals surface area (Å²) in [5, 5.41) is 0. The van der Waals surface area contributed by atoms with Crippen molar-refractivity contribution in [3.8, 4) is 11.8 Å². The van der Waals surface area contributed by atoms with E-state index < -0.39 is 5.82 Å². The van der Waals surface area contributed by atoms with Crippen molar-refractivity contribution < 1.29 is 18.7 Å². The van der Waals surface area contributed by atoms with Crippen LogP contribution in [0.25, 0.3) is 0 Å². The zero-order valence-corrected chi connectivity index (χ0v) is 14.0. The van der Waals surface area contributed by atoms with Gasteiger partial charge in [-0.05, 0) is 44.0 Å². The van der Waals surface area contributed by atoms with Crippen LogP contribution in [-0.4, -0.2) is 46.6 Å². The number of ether oxygens (including phenoxy) is 2. The summed E-state index contributed by atoms with van der Waals surface area (Å²) in [6.07, 6.45) is 3.55. The van der Waals surface area contributed by atoms with E-state index in [1.54, 1.807) is 29.2 Å². The molecular formula is C18H20FN3O3. The van der Waals surface area contributed by atoms with Crippen LogP contribution in [0.4, 0.5) is 4.39 Å². The molecule has 1 aliphatic heterocycles. The maximum absolute atomic E-state index is 12.9. The zero-order chi connectivity index (χ0) is 17.6. The Morgan fingerprint density at radius 2 is 2.00 bits per heavy atom. The van der Waals surface area contributed by atoms with E-state index in [0.29, 0.717) is 25.3 Å². The van der Waals surface area contributed by atoms with Gasteiger partial charge in [0.15, 0.2) is 5.82 Å². The van der Waals surface area contributed by atoms with Gasteiger partial charge in [-0.1, -0.05) is 0 Å². The quantitative estimate of drug-likeness (QED) is 0.834. The van der Waals surface area contributed by atoms with E-state index in [1.165, 1.54) is 0 Å². The molecule has 3 rings (SSSR count). The first-order chi connectivity index (χ1) is 12.2. The predicted octanol–water partition coefficient (Wildman–Crippen LogP) is 2.70. The molecule has 2 heterocycles. The number of hydrogen-bond donors (Lipinski definition) is 0. The first-order valence-electron chi connectivity index (χ1n) is 8.32. The van der Waals surface area contributed by atoms with Gasteiger partial charge in [0.2, 0.25) is 0 Å². The third kappa shape index (κ3) is 4.43. The number of halogens is 1. The minimum absolute atomic E-state index is 0.0450. The first-order valence-corrected chi connectivity index (χ1v) is 8.32. The minimum atomic E-state index is -0.511. The van der Waals surface area contributed by atoms with E-state index in [2.05, 4.69) is 9.97 Å². The van der Waals surface area contributed by atoms with E-state index in [4.69, 9.17) is 9.47 Å². The Morgan fingerprint density at radius 3 is 2.68 bits per heavy atom. The van der Waals surface area contributed by atoms with Crippen LogP contribution < -0.4 is 9.47 Å². The number of hydrogen-bond acceptors (Lipinski definition) is 5. The van der Waals surface area contributed by atoms with Crippen molar-refractivity contribution in [1.82, 2.24) is 14.9 Å². The van der Waals surface area contributed by atoms with Crippen molar-refractivity contribution in [2.45, 2.75) is 25.9 Å². The SMILES string of the molecule is CCOc1ccc(C(=O)N2CCCC(Oc3ncc(F)cn3)C2)cc1. The lowest BCUT2D eigenvalue weighted by Crippen LogP contribution is -2.44. The number of nitrogens with zero attached hydrogens (tertiary/aromatic N) is 3. The molecule has 0 N–H and O–H groups in total. The van der Waals surface area contributed by atoms with Crippen LogP contribution in [0, 0.1) is 5.82 Å². The number of amides is 1. The maximum Gasteiger partial charge on any atom is 0.316 e. The molecular weight excluding hydrogens is 325 g/mol. The number of benzene rings is 1. The lowest BCUT2D eigenvalue weighted by atomic mass is 10.1. The first kappa shape index (κ1) is 17.1. The summed E-state index contributed by atoms with van der Waals surface area (Å²) < 4.78 is 23.9. The van der Waals surface area contributed by atoms with Crippen LogP contribution in [0.3, 0.4) is 0 Å². The second-order valence-corrected chi connectivity index (χ2v) is 5.77. The van der Waals surface area contributed by atoms with Crippen LogP contribution >= 0.6 is 0 Å². The fourth-order valence-corrected chi connectivity index (χ4v) is 2.77. The summed E-state index contributed by atoms with van der Waals surface area (Å²) in [5.74, 6) is 0.187. The second-order valence-electron chi connectivity index (χ2n) is 5.77. The topological polar surface area (TPSA) is 64.5 Å². The molecule has 1 fully saturated rings. The molecule has 25 heavy (non-hydrogen) atoms. The third-order valence-electron chi connectivity index (χ3n) is 3.95. The molecule has 0 radical (unpaired) electrons. The Balaban J connectivity index is 1.61.